The standard InChI is InChI=1S/C4H4N8/c1-5-3-11(7-1)9-10-12-4-6-2-8-12/h1-4H. The predicted molar refractivity (Wildman–Crippen MR) is 35.7 cm³/mol. The molecule has 0 amide bonds. The largest absolute Gasteiger partial charge is 0.221 e. The van der Waals surface area contributed by atoms with E-state index in [2.05, 4.69) is 30.6 Å². The van der Waals surface area contributed by atoms with E-state index in [1.807, 2.05) is 0 Å². The molecule has 0 spiro atoms. The number of nitrogens with zero attached hydrogens (tertiary/aromatic N) is 8. The van der Waals surface area contributed by atoms with Crippen LogP contribution in [-0.2, 0) is 0 Å². The van der Waals surface area contributed by atoms with Crippen molar-refractivity contribution in [1.29, 1.82) is 0 Å². The Kier molecular flexibility index (Phi) is 1.57. The highest BCUT2D eigenvalue weighted by Gasteiger charge is 1.85. The molecule has 0 radical (unpaired) electrons. The first-order valence-corrected chi connectivity index (χ1v) is 3.07. The van der Waals surface area contributed by atoms with E-state index >= 15 is 0 Å². The van der Waals surface area contributed by atoms with Gasteiger partial charge >= 0.3 is 0 Å². The Morgan fingerprint density at radius 1 is 0.833 bits per heavy atom. The number of rotatable bonds is 2. The Morgan fingerprint density at radius 2 is 1.33 bits per heavy atom. The van der Waals surface area contributed by atoms with E-state index in [0.29, 0.717) is 0 Å². The molecule has 0 bridgehead atoms. The van der Waals surface area contributed by atoms with Crippen LogP contribution in [0, 0.1) is 0 Å². The maximum atomic E-state index is 3.70. The van der Waals surface area contributed by atoms with E-state index in [4.69, 9.17) is 0 Å². The van der Waals surface area contributed by atoms with E-state index < -0.39 is 0 Å². The second-order valence-electron chi connectivity index (χ2n) is 1.81. The van der Waals surface area contributed by atoms with Crippen molar-refractivity contribution in [1.82, 2.24) is 29.7 Å². The molecule has 12 heavy (non-hydrogen) atoms. The first-order valence-electron chi connectivity index (χ1n) is 3.07. The van der Waals surface area contributed by atoms with E-state index in [9.17, 15) is 0 Å². The van der Waals surface area contributed by atoms with Crippen LogP contribution in [0.4, 0.5) is 0 Å². The van der Waals surface area contributed by atoms with Gasteiger partial charge in [-0.2, -0.15) is 0 Å². The zero-order valence-corrected chi connectivity index (χ0v) is 5.89. The third-order valence-electron chi connectivity index (χ3n) is 1.04. The molecule has 0 N–H and O–H groups in total. The van der Waals surface area contributed by atoms with E-state index in [0.717, 1.165) is 0 Å². The first kappa shape index (κ1) is 6.58. The van der Waals surface area contributed by atoms with Crippen molar-refractivity contribution >= 4 is 0 Å². The smallest absolute Gasteiger partial charge is 0.141 e. The van der Waals surface area contributed by atoms with Gasteiger partial charge in [-0.15, -0.1) is 19.8 Å². The van der Waals surface area contributed by atoms with Gasteiger partial charge in [0.2, 0.25) is 0 Å². The van der Waals surface area contributed by atoms with Gasteiger partial charge in [0.05, 0.1) is 0 Å². The molecule has 8 heteroatoms. The van der Waals surface area contributed by atoms with Gasteiger partial charge in [-0.1, -0.05) is 0 Å². The van der Waals surface area contributed by atoms with Gasteiger partial charge in [-0.05, 0) is 10.4 Å². The van der Waals surface area contributed by atoms with Crippen LogP contribution in [-0.4, -0.2) is 29.7 Å². The molecule has 0 saturated heterocycles. The van der Waals surface area contributed by atoms with Crippen LogP contribution >= 0.6 is 0 Å². The summed E-state index contributed by atoms with van der Waals surface area (Å²) < 4.78 is 0. The van der Waals surface area contributed by atoms with Gasteiger partial charge < -0.3 is 0 Å². The first-order chi connectivity index (χ1) is 5.95. The number of aromatic nitrogens is 6. The number of hydrogen-bond acceptors (Lipinski definition) is 6. The molecule has 2 heterocycles. The van der Waals surface area contributed by atoms with Crippen molar-refractivity contribution in [3.05, 3.63) is 25.3 Å². The van der Waals surface area contributed by atoms with Gasteiger partial charge in [-0.25, -0.2) is 9.97 Å². The van der Waals surface area contributed by atoms with Crippen LogP contribution in [0.5, 0.6) is 0 Å². The monoisotopic (exact) mass is 164 g/mol. The lowest BCUT2D eigenvalue weighted by atomic mass is 11.3. The molecule has 0 atom stereocenters. The molecule has 60 valence electrons. The van der Waals surface area contributed by atoms with Crippen LogP contribution in [0.1, 0.15) is 0 Å². The Bertz CT molecular complexity index is 308. The van der Waals surface area contributed by atoms with Crippen molar-refractivity contribution in [2.45, 2.75) is 0 Å². The van der Waals surface area contributed by atoms with Crippen molar-refractivity contribution in [2.75, 3.05) is 0 Å². The van der Waals surface area contributed by atoms with Crippen LogP contribution in [0.2, 0.25) is 0 Å². The average Bonchev–Trinajstić information content (AvgIpc) is 2.74. The Hall–Kier alpha value is -2.12. The molecular formula is C4H4N8. The van der Waals surface area contributed by atoms with Gasteiger partial charge in [0, 0.05) is 0 Å². The SMILES string of the molecule is c1ncn(N=Nn2cncn2)n1. The Morgan fingerprint density at radius 3 is 1.67 bits per heavy atom. The van der Waals surface area contributed by atoms with Crippen molar-refractivity contribution in [3.8, 4) is 0 Å². The van der Waals surface area contributed by atoms with Gasteiger partial charge in [0.25, 0.3) is 0 Å². The molecule has 0 aromatic carbocycles. The zero-order valence-electron chi connectivity index (χ0n) is 5.89. The minimum absolute atomic E-state index is 1.21. The summed E-state index contributed by atoms with van der Waals surface area (Å²) in [6.07, 6.45) is 5.56. The molecule has 0 aliphatic rings. The molecule has 0 saturated carbocycles. The van der Waals surface area contributed by atoms with Gasteiger partial charge in [0.1, 0.15) is 25.3 Å². The molecular weight excluding hydrogens is 160 g/mol. The minimum atomic E-state index is 1.21. The van der Waals surface area contributed by atoms with Gasteiger partial charge in [0.15, 0.2) is 0 Å². The van der Waals surface area contributed by atoms with E-state index in [1.54, 1.807) is 0 Å². The van der Waals surface area contributed by atoms with Crippen molar-refractivity contribution in [3.63, 3.8) is 0 Å². The fourth-order valence-electron chi connectivity index (χ4n) is 0.578. The normalized spacial score (nSPS) is 11.0. The van der Waals surface area contributed by atoms with Crippen LogP contribution < -0.4 is 0 Å². The molecule has 0 aliphatic carbocycles. The molecule has 2 aromatic heterocycles. The molecule has 2 rings (SSSR count). The molecule has 2 aromatic rings. The van der Waals surface area contributed by atoms with Crippen LogP contribution in [0.15, 0.2) is 35.8 Å². The van der Waals surface area contributed by atoms with Crippen LogP contribution in [0.3, 0.4) is 0 Å². The van der Waals surface area contributed by atoms with Crippen molar-refractivity contribution in [2.24, 2.45) is 10.4 Å². The van der Waals surface area contributed by atoms with Crippen molar-refractivity contribution < 1.29 is 0 Å². The molecule has 8 nitrogen and oxygen atoms in total. The fraction of sp³-hybridized carbons (Fsp3) is 0. The summed E-state index contributed by atoms with van der Waals surface area (Å²) in [5.74, 6) is 0. The van der Waals surface area contributed by atoms with E-state index in [-0.39, 0.29) is 0 Å². The molecule has 0 fully saturated rings. The lowest BCUT2D eigenvalue weighted by Crippen LogP contribution is -1.91. The third kappa shape index (κ3) is 1.31. The highest BCUT2D eigenvalue weighted by Crippen LogP contribution is 1.83. The number of hydrogen-bond donors (Lipinski definition) is 0. The third-order valence-corrected chi connectivity index (χ3v) is 1.04. The lowest BCUT2D eigenvalue weighted by molar-refractivity contribution is 0.587. The van der Waals surface area contributed by atoms with Gasteiger partial charge in [-0.3, -0.25) is 0 Å². The highest BCUT2D eigenvalue weighted by molar-refractivity contribution is 4.54. The average molecular weight is 164 g/mol. The maximum Gasteiger partial charge on any atom is 0.141 e. The topological polar surface area (TPSA) is 86.1 Å². The predicted octanol–water partition coefficient (Wildman–Crippen LogP) is -0.452. The summed E-state index contributed by atoms with van der Waals surface area (Å²) >= 11 is 0. The quantitative estimate of drug-likeness (QED) is 0.562. The summed E-state index contributed by atoms with van der Waals surface area (Å²) in [4.78, 5) is 9.77. The lowest BCUT2D eigenvalue weighted by Gasteiger charge is -1.85. The van der Waals surface area contributed by atoms with E-state index in [1.165, 1.54) is 34.9 Å². The Balaban J connectivity index is 2.14. The molecule has 0 aliphatic heterocycles. The summed E-state index contributed by atoms with van der Waals surface area (Å²) in [6.45, 7) is 0. The fourth-order valence-corrected chi connectivity index (χ4v) is 0.578. The summed E-state index contributed by atoms with van der Waals surface area (Å²) in [5, 5.41) is 14.7. The maximum absolute atomic E-state index is 3.70. The highest BCUT2D eigenvalue weighted by atomic mass is 15.7. The summed E-state index contributed by atoms with van der Waals surface area (Å²) in [6, 6.07) is 0. The second kappa shape index (κ2) is 2.86. The Labute approximate surface area is 66.5 Å². The summed E-state index contributed by atoms with van der Waals surface area (Å²) in [7, 11) is 0. The summed E-state index contributed by atoms with van der Waals surface area (Å²) in [5.41, 5.74) is 0. The molecule has 0 unspecified atom stereocenters. The second-order valence-corrected chi connectivity index (χ2v) is 1.81. The van der Waals surface area contributed by atoms with Crippen LogP contribution in [0.25, 0.3) is 0 Å². The minimum Gasteiger partial charge on any atom is -0.221 e. The zero-order chi connectivity index (χ0) is 8.23.